The van der Waals surface area contributed by atoms with Crippen molar-refractivity contribution in [1.29, 1.82) is 0 Å². The second-order valence-corrected chi connectivity index (χ2v) is 11.2. The summed E-state index contributed by atoms with van der Waals surface area (Å²) in [6.07, 6.45) is 4.35. The van der Waals surface area contributed by atoms with E-state index >= 15 is 0 Å². The Morgan fingerprint density at radius 2 is 1.43 bits per heavy atom. The zero-order valence-corrected chi connectivity index (χ0v) is 24.0. The Bertz CT molecular complexity index is 1130. The number of H-pyrrole nitrogens is 1. The Labute approximate surface area is 236 Å². The third-order valence-electron chi connectivity index (χ3n) is 6.70. The highest BCUT2D eigenvalue weighted by Crippen LogP contribution is 2.20. The topological polar surface area (TPSA) is 192 Å². The molecule has 11 heteroatoms. The number of fused-ring (bicyclic) bond motifs is 1. The molecule has 4 atom stereocenters. The van der Waals surface area contributed by atoms with Gasteiger partial charge in [-0.15, -0.1) is 0 Å². The van der Waals surface area contributed by atoms with Crippen molar-refractivity contribution in [2.45, 2.75) is 90.4 Å². The molecule has 0 aliphatic heterocycles. The lowest BCUT2D eigenvalue weighted by atomic mass is 9.99. The van der Waals surface area contributed by atoms with E-state index in [9.17, 15) is 24.3 Å². The number of carbonyl (C=O) groups excluding carboxylic acids is 3. The van der Waals surface area contributed by atoms with Gasteiger partial charge in [-0.05, 0) is 55.7 Å². The molecule has 0 aliphatic rings. The van der Waals surface area contributed by atoms with E-state index in [4.69, 9.17) is 11.5 Å². The molecule has 1 aromatic heterocycles. The second kappa shape index (κ2) is 16.0. The first-order valence-corrected chi connectivity index (χ1v) is 14.1. The van der Waals surface area contributed by atoms with E-state index in [1.165, 1.54) is 0 Å². The van der Waals surface area contributed by atoms with E-state index in [1.807, 2.05) is 52.0 Å². The van der Waals surface area contributed by atoms with Crippen molar-refractivity contribution < 1.29 is 24.3 Å². The zero-order chi connectivity index (χ0) is 29.8. The van der Waals surface area contributed by atoms with E-state index in [0.717, 1.165) is 22.9 Å². The fourth-order valence-electron chi connectivity index (χ4n) is 4.59. The van der Waals surface area contributed by atoms with Crippen molar-refractivity contribution in [2.24, 2.45) is 23.3 Å². The summed E-state index contributed by atoms with van der Waals surface area (Å²) in [6.45, 7) is 8.09. The van der Waals surface area contributed by atoms with Gasteiger partial charge < -0.3 is 37.5 Å². The van der Waals surface area contributed by atoms with E-state index < -0.39 is 47.9 Å². The molecular weight excluding hydrogens is 512 g/mol. The number of aromatic nitrogens is 1. The van der Waals surface area contributed by atoms with Gasteiger partial charge in [-0.1, -0.05) is 52.3 Å². The van der Waals surface area contributed by atoms with Crippen LogP contribution in [0.3, 0.4) is 0 Å². The maximum atomic E-state index is 13.5. The first-order valence-electron chi connectivity index (χ1n) is 14.1. The molecule has 0 radical (unpaired) electrons. The van der Waals surface area contributed by atoms with Crippen LogP contribution in [0.5, 0.6) is 0 Å². The highest BCUT2D eigenvalue weighted by molar-refractivity contribution is 5.94. The van der Waals surface area contributed by atoms with Crippen LogP contribution in [0, 0.1) is 11.8 Å². The van der Waals surface area contributed by atoms with Crippen LogP contribution in [0.15, 0.2) is 30.5 Å². The SMILES string of the molecule is CC(C)CC(NC(=O)C(Cc1c[nH]c2ccccc12)NC(=O)C(CC(C)C)NC(=O)C(N)CCCCN)C(=O)O. The fourth-order valence-corrected chi connectivity index (χ4v) is 4.59. The van der Waals surface area contributed by atoms with E-state index in [2.05, 4.69) is 20.9 Å². The zero-order valence-electron chi connectivity index (χ0n) is 24.0. The Kier molecular flexibility index (Phi) is 13.1. The molecule has 0 aliphatic carbocycles. The highest BCUT2D eigenvalue weighted by atomic mass is 16.4. The Balaban J connectivity index is 2.28. The van der Waals surface area contributed by atoms with E-state index in [1.54, 1.807) is 6.20 Å². The lowest BCUT2D eigenvalue weighted by Gasteiger charge is -2.26. The Morgan fingerprint density at radius 1 is 0.850 bits per heavy atom. The van der Waals surface area contributed by atoms with Crippen LogP contribution in [0.1, 0.15) is 65.4 Å². The van der Waals surface area contributed by atoms with Crippen molar-refractivity contribution >= 4 is 34.6 Å². The molecule has 0 saturated heterocycles. The summed E-state index contributed by atoms with van der Waals surface area (Å²) in [6, 6.07) is 3.69. The Morgan fingerprint density at radius 3 is 2.05 bits per heavy atom. The number of amides is 3. The number of carbonyl (C=O) groups is 4. The van der Waals surface area contributed by atoms with Gasteiger partial charge in [0.05, 0.1) is 6.04 Å². The number of aromatic amines is 1. The number of rotatable bonds is 17. The minimum absolute atomic E-state index is 0.0303. The molecule has 4 unspecified atom stereocenters. The maximum absolute atomic E-state index is 13.5. The normalized spacial score (nSPS) is 14.5. The average molecular weight is 559 g/mol. The summed E-state index contributed by atoms with van der Waals surface area (Å²) in [5.41, 5.74) is 13.2. The number of benzene rings is 1. The maximum Gasteiger partial charge on any atom is 0.326 e. The minimum atomic E-state index is -1.15. The van der Waals surface area contributed by atoms with Gasteiger partial charge in [0.25, 0.3) is 0 Å². The quantitative estimate of drug-likeness (QED) is 0.144. The third-order valence-corrected chi connectivity index (χ3v) is 6.70. The van der Waals surface area contributed by atoms with E-state index in [-0.39, 0.29) is 24.7 Å². The molecule has 0 spiro atoms. The van der Waals surface area contributed by atoms with Crippen molar-refractivity contribution in [3.8, 4) is 0 Å². The first-order chi connectivity index (χ1) is 18.9. The van der Waals surface area contributed by atoms with Gasteiger partial charge in [-0.2, -0.15) is 0 Å². The molecule has 1 heterocycles. The van der Waals surface area contributed by atoms with Crippen molar-refractivity contribution in [3.05, 3.63) is 36.0 Å². The van der Waals surface area contributed by atoms with Crippen LogP contribution in [-0.4, -0.2) is 64.5 Å². The summed E-state index contributed by atoms with van der Waals surface area (Å²) in [7, 11) is 0. The largest absolute Gasteiger partial charge is 0.480 e. The summed E-state index contributed by atoms with van der Waals surface area (Å²) >= 11 is 0. The number of nitrogens with one attached hydrogen (secondary N) is 4. The standard InChI is InChI=1S/C29H46N6O5/c1-17(2)13-23(33-26(36)21(31)10-7-8-12-30)27(37)34-24(28(38)35-25(29(39)40)14-18(3)4)15-19-16-32-22-11-6-5-9-20(19)22/h5-6,9,11,16-18,21,23-25,32H,7-8,10,12-15,30-31H2,1-4H3,(H,33,36)(H,34,37)(H,35,38)(H,39,40). The molecule has 2 rings (SSSR count). The molecule has 0 bridgehead atoms. The number of para-hydroxylation sites is 1. The van der Waals surface area contributed by atoms with Gasteiger partial charge in [0.15, 0.2) is 0 Å². The van der Waals surface area contributed by atoms with Gasteiger partial charge in [0, 0.05) is 23.5 Å². The summed E-state index contributed by atoms with van der Waals surface area (Å²) in [4.78, 5) is 54.7. The number of aliphatic carboxylic acids is 1. The van der Waals surface area contributed by atoms with Crippen molar-refractivity contribution in [1.82, 2.24) is 20.9 Å². The van der Waals surface area contributed by atoms with E-state index in [0.29, 0.717) is 25.8 Å². The molecule has 1 aromatic carbocycles. The lowest BCUT2D eigenvalue weighted by molar-refractivity contribution is -0.142. The number of unbranched alkanes of at least 4 members (excludes halogenated alkanes) is 1. The van der Waals surface area contributed by atoms with Crippen LogP contribution in [-0.2, 0) is 25.6 Å². The number of hydrogen-bond acceptors (Lipinski definition) is 6. The molecule has 9 N–H and O–H groups in total. The molecule has 40 heavy (non-hydrogen) atoms. The summed E-state index contributed by atoms with van der Waals surface area (Å²) in [5.74, 6) is -2.64. The first kappa shape index (κ1) is 32.8. The van der Waals surface area contributed by atoms with Crippen LogP contribution in [0.4, 0.5) is 0 Å². The molecule has 2 aromatic rings. The number of nitrogens with two attached hydrogens (primary N) is 2. The number of hydrogen-bond donors (Lipinski definition) is 7. The predicted octanol–water partition coefficient (Wildman–Crippen LogP) is 1.80. The summed E-state index contributed by atoms with van der Waals surface area (Å²) < 4.78 is 0. The van der Waals surface area contributed by atoms with Gasteiger partial charge in [0.2, 0.25) is 17.7 Å². The smallest absolute Gasteiger partial charge is 0.326 e. The predicted molar refractivity (Wildman–Crippen MR) is 155 cm³/mol. The van der Waals surface area contributed by atoms with Gasteiger partial charge in [-0.3, -0.25) is 14.4 Å². The number of carboxylic acids is 1. The van der Waals surface area contributed by atoms with Crippen LogP contribution < -0.4 is 27.4 Å². The van der Waals surface area contributed by atoms with Gasteiger partial charge in [0.1, 0.15) is 18.1 Å². The fraction of sp³-hybridized carbons (Fsp3) is 0.586. The minimum Gasteiger partial charge on any atom is -0.480 e. The van der Waals surface area contributed by atoms with Crippen LogP contribution in [0.25, 0.3) is 10.9 Å². The molecule has 3 amide bonds. The Hall–Kier alpha value is -3.44. The van der Waals surface area contributed by atoms with Crippen molar-refractivity contribution in [3.63, 3.8) is 0 Å². The van der Waals surface area contributed by atoms with Crippen LogP contribution >= 0.6 is 0 Å². The molecular formula is C29H46N6O5. The molecule has 222 valence electrons. The molecule has 11 nitrogen and oxygen atoms in total. The van der Waals surface area contributed by atoms with Gasteiger partial charge in [-0.25, -0.2) is 4.79 Å². The highest BCUT2D eigenvalue weighted by Gasteiger charge is 2.31. The average Bonchev–Trinajstić information content (AvgIpc) is 3.29. The molecule has 0 saturated carbocycles. The van der Waals surface area contributed by atoms with Crippen LogP contribution in [0.2, 0.25) is 0 Å². The van der Waals surface area contributed by atoms with Gasteiger partial charge >= 0.3 is 5.97 Å². The lowest BCUT2D eigenvalue weighted by Crippen LogP contribution is -2.58. The summed E-state index contributed by atoms with van der Waals surface area (Å²) in [5, 5.41) is 18.7. The second-order valence-electron chi connectivity index (χ2n) is 11.2. The number of carboxylic acid groups (broad SMARTS) is 1. The van der Waals surface area contributed by atoms with Crippen molar-refractivity contribution in [2.75, 3.05) is 6.54 Å². The monoisotopic (exact) mass is 558 g/mol. The third kappa shape index (κ3) is 10.3. The molecule has 0 fully saturated rings.